The Morgan fingerprint density at radius 2 is 0.909 bits per heavy atom. The van der Waals surface area contributed by atoms with Crippen molar-refractivity contribution in [2.24, 2.45) is 0 Å². The molecule has 0 fully saturated rings. The molecule has 0 atom stereocenters. The average Bonchev–Trinajstić information content (AvgIpc) is 2.77. The first-order valence-corrected chi connectivity index (χ1v) is 11.7. The third-order valence-electron chi connectivity index (χ3n) is 7.41. The van der Waals surface area contributed by atoms with Crippen molar-refractivity contribution >= 4 is 5.78 Å². The van der Waals surface area contributed by atoms with Crippen LogP contribution in [0.15, 0.2) is 72.8 Å². The number of hydrogen-bond donors (Lipinski definition) is 0. The second-order valence-corrected chi connectivity index (χ2v) is 10.0. The van der Waals surface area contributed by atoms with Gasteiger partial charge >= 0.3 is 0 Å². The number of rotatable bonds is 2. The zero-order valence-corrected chi connectivity index (χ0v) is 20.3. The first-order valence-electron chi connectivity index (χ1n) is 11.7. The van der Waals surface area contributed by atoms with E-state index in [9.17, 15) is 4.79 Å². The summed E-state index contributed by atoms with van der Waals surface area (Å²) in [4.78, 5) is 13.6. The molecule has 0 bridgehead atoms. The summed E-state index contributed by atoms with van der Waals surface area (Å²) in [6.45, 7) is 13.1. The van der Waals surface area contributed by atoms with Crippen LogP contribution in [-0.2, 0) is 5.41 Å². The summed E-state index contributed by atoms with van der Waals surface area (Å²) < 4.78 is 0. The molecule has 33 heavy (non-hydrogen) atoms. The Morgan fingerprint density at radius 3 is 1.27 bits per heavy atom. The Bertz CT molecular complexity index is 1290. The standard InChI is InChI=1S/C32H30O/c1-19-9-7-10-20(2)29(19)23-13-15-25-27(17-23)32(5,6)28-18-24(14-16-26(28)31(25)33)30-21(3)11-8-12-22(30)4/h7-18H,1-6H3. The van der Waals surface area contributed by atoms with Crippen LogP contribution in [-0.4, -0.2) is 5.78 Å². The van der Waals surface area contributed by atoms with Gasteiger partial charge in [-0.2, -0.15) is 0 Å². The summed E-state index contributed by atoms with van der Waals surface area (Å²) in [7, 11) is 0. The van der Waals surface area contributed by atoms with Crippen molar-refractivity contribution in [3.63, 3.8) is 0 Å². The highest BCUT2D eigenvalue weighted by Crippen LogP contribution is 2.45. The van der Waals surface area contributed by atoms with E-state index in [-0.39, 0.29) is 11.2 Å². The fraction of sp³-hybridized carbons (Fsp3) is 0.219. The molecule has 0 radical (unpaired) electrons. The predicted octanol–water partition coefficient (Wildman–Crippen LogP) is 8.12. The molecule has 5 rings (SSSR count). The molecule has 1 nitrogen and oxygen atoms in total. The largest absolute Gasteiger partial charge is 0.289 e. The van der Waals surface area contributed by atoms with Gasteiger partial charge < -0.3 is 0 Å². The summed E-state index contributed by atoms with van der Waals surface area (Å²) in [6, 6.07) is 25.6. The molecule has 0 saturated carbocycles. The van der Waals surface area contributed by atoms with E-state index in [1.54, 1.807) is 0 Å². The van der Waals surface area contributed by atoms with Gasteiger partial charge in [-0.1, -0.05) is 74.5 Å². The maximum absolute atomic E-state index is 13.6. The van der Waals surface area contributed by atoms with Crippen molar-refractivity contribution in [1.82, 2.24) is 0 Å². The highest BCUT2D eigenvalue weighted by Gasteiger charge is 2.37. The number of benzene rings is 4. The van der Waals surface area contributed by atoms with Gasteiger partial charge in [-0.25, -0.2) is 0 Å². The Morgan fingerprint density at radius 1 is 0.545 bits per heavy atom. The van der Waals surface area contributed by atoms with Gasteiger partial charge in [0, 0.05) is 16.5 Å². The number of carbonyl (C=O) groups is 1. The molecule has 0 N–H and O–H groups in total. The van der Waals surface area contributed by atoms with Gasteiger partial charge in [-0.15, -0.1) is 0 Å². The molecule has 0 unspecified atom stereocenters. The van der Waals surface area contributed by atoms with Crippen LogP contribution in [0.3, 0.4) is 0 Å². The van der Waals surface area contributed by atoms with Crippen LogP contribution >= 0.6 is 0 Å². The molecule has 0 spiro atoms. The number of carbonyl (C=O) groups excluding carboxylic acids is 1. The van der Waals surface area contributed by atoms with Crippen LogP contribution in [0, 0.1) is 27.7 Å². The van der Waals surface area contributed by atoms with Crippen LogP contribution in [0.5, 0.6) is 0 Å². The zero-order chi connectivity index (χ0) is 23.5. The lowest BCUT2D eigenvalue weighted by atomic mass is 9.67. The molecule has 0 heterocycles. The molecule has 0 aliphatic heterocycles. The fourth-order valence-electron chi connectivity index (χ4n) is 5.66. The third-order valence-corrected chi connectivity index (χ3v) is 7.41. The molecular weight excluding hydrogens is 400 g/mol. The van der Waals surface area contributed by atoms with E-state index in [1.165, 1.54) is 44.5 Å². The Hall–Kier alpha value is -3.45. The Labute approximate surface area is 197 Å². The van der Waals surface area contributed by atoms with Crippen LogP contribution in [0.4, 0.5) is 0 Å². The zero-order valence-electron chi connectivity index (χ0n) is 20.3. The van der Waals surface area contributed by atoms with Crippen LogP contribution in [0.25, 0.3) is 22.3 Å². The van der Waals surface area contributed by atoms with Gasteiger partial charge in [0.05, 0.1) is 0 Å². The van der Waals surface area contributed by atoms with E-state index in [1.807, 2.05) is 12.1 Å². The van der Waals surface area contributed by atoms with Crippen molar-refractivity contribution < 1.29 is 4.79 Å². The topological polar surface area (TPSA) is 17.1 Å². The molecule has 0 amide bonds. The van der Waals surface area contributed by atoms with E-state index in [2.05, 4.69) is 102 Å². The maximum Gasteiger partial charge on any atom is 0.193 e. The van der Waals surface area contributed by atoms with Crippen molar-refractivity contribution in [1.29, 1.82) is 0 Å². The van der Waals surface area contributed by atoms with E-state index in [0.717, 1.165) is 22.3 Å². The summed E-state index contributed by atoms with van der Waals surface area (Å²) in [5, 5.41) is 0. The minimum Gasteiger partial charge on any atom is -0.289 e. The molecule has 0 saturated heterocycles. The molecule has 164 valence electrons. The highest BCUT2D eigenvalue weighted by molar-refractivity contribution is 6.13. The van der Waals surface area contributed by atoms with Gasteiger partial charge in [-0.05, 0) is 95.5 Å². The van der Waals surface area contributed by atoms with Gasteiger partial charge in [0.1, 0.15) is 0 Å². The minimum atomic E-state index is -0.280. The Balaban J connectivity index is 1.71. The maximum atomic E-state index is 13.6. The minimum absolute atomic E-state index is 0.125. The van der Waals surface area contributed by atoms with Crippen LogP contribution < -0.4 is 0 Å². The summed E-state index contributed by atoms with van der Waals surface area (Å²) in [6.07, 6.45) is 0. The van der Waals surface area contributed by atoms with Gasteiger partial charge in [0.25, 0.3) is 0 Å². The monoisotopic (exact) mass is 430 g/mol. The highest BCUT2D eigenvalue weighted by atomic mass is 16.1. The first-order chi connectivity index (χ1) is 15.7. The molecule has 4 aromatic carbocycles. The second-order valence-electron chi connectivity index (χ2n) is 10.0. The lowest BCUT2D eigenvalue weighted by Crippen LogP contribution is -2.30. The molecule has 1 aliphatic carbocycles. The second kappa shape index (κ2) is 7.56. The van der Waals surface area contributed by atoms with Crippen LogP contribution in [0.2, 0.25) is 0 Å². The summed E-state index contributed by atoms with van der Waals surface area (Å²) in [5.41, 5.74) is 13.5. The normalized spacial score (nSPS) is 14.1. The molecule has 1 heteroatoms. The Kier molecular flexibility index (Phi) is 4.90. The van der Waals surface area contributed by atoms with Gasteiger partial charge in [0.15, 0.2) is 5.78 Å². The lowest BCUT2D eigenvalue weighted by molar-refractivity contribution is 0.103. The fourth-order valence-corrected chi connectivity index (χ4v) is 5.66. The van der Waals surface area contributed by atoms with Crippen molar-refractivity contribution in [2.75, 3.05) is 0 Å². The number of aryl methyl sites for hydroxylation is 4. The number of hydrogen-bond acceptors (Lipinski definition) is 1. The third kappa shape index (κ3) is 3.26. The van der Waals surface area contributed by atoms with Crippen LogP contribution in [0.1, 0.15) is 63.1 Å². The molecule has 1 aliphatic rings. The van der Waals surface area contributed by atoms with Crippen molar-refractivity contribution in [3.8, 4) is 22.3 Å². The van der Waals surface area contributed by atoms with E-state index >= 15 is 0 Å². The van der Waals surface area contributed by atoms with Gasteiger partial charge in [0.2, 0.25) is 0 Å². The van der Waals surface area contributed by atoms with E-state index < -0.39 is 0 Å². The molecule has 4 aromatic rings. The van der Waals surface area contributed by atoms with E-state index in [0.29, 0.717) is 0 Å². The van der Waals surface area contributed by atoms with Crippen molar-refractivity contribution in [3.05, 3.63) is 117 Å². The van der Waals surface area contributed by atoms with E-state index in [4.69, 9.17) is 0 Å². The lowest BCUT2D eigenvalue weighted by Gasteiger charge is -2.35. The number of fused-ring (bicyclic) bond motifs is 2. The predicted molar refractivity (Wildman–Crippen MR) is 138 cm³/mol. The van der Waals surface area contributed by atoms with Crippen molar-refractivity contribution in [2.45, 2.75) is 47.0 Å². The number of ketones is 1. The molecular formula is C32H30O. The SMILES string of the molecule is Cc1cccc(C)c1-c1ccc2c(c1)C(C)(C)c1cc(-c3c(C)cccc3C)ccc1C2=O. The summed E-state index contributed by atoms with van der Waals surface area (Å²) >= 11 is 0. The molecule has 0 aromatic heterocycles. The first kappa shape index (κ1) is 21.4. The quantitative estimate of drug-likeness (QED) is 0.314. The average molecular weight is 431 g/mol. The summed E-state index contributed by atoms with van der Waals surface area (Å²) in [5.74, 6) is 0.125. The smallest absolute Gasteiger partial charge is 0.193 e. The van der Waals surface area contributed by atoms with Gasteiger partial charge in [-0.3, -0.25) is 4.79 Å².